The zero-order valence-corrected chi connectivity index (χ0v) is 25.8. The quantitative estimate of drug-likeness (QED) is 0.166. The Balaban J connectivity index is 1.29. The SMILES string of the molecule is CCOC(=O)C(Cc1cc(C(=O)c2ccc(OC3CCCC3)cc2O)ccc1OCc1ccc2c(=O)[nH]oc2c1)N1CCOCC1. The number of benzene rings is 3. The molecular formula is C35H38N2O9. The second-order valence-electron chi connectivity index (χ2n) is 11.6. The normalized spacial score (nSPS) is 16.4. The third-order valence-electron chi connectivity index (χ3n) is 8.54. The van der Waals surface area contributed by atoms with Gasteiger partial charge in [0.05, 0.1) is 36.9 Å². The number of carbonyl (C=O) groups excluding carboxylic acids is 2. The molecule has 2 heterocycles. The number of morpholine rings is 1. The van der Waals surface area contributed by atoms with E-state index in [4.69, 9.17) is 23.5 Å². The predicted octanol–water partition coefficient (Wildman–Crippen LogP) is 4.76. The van der Waals surface area contributed by atoms with Crippen molar-refractivity contribution in [2.24, 2.45) is 0 Å². The number of aromatic amines is 1. The molecule has 0 radical (unpaired) electrons. The zero-order valence-electron chi connectivity index (χ0n) is 25.8. The van der Waals surface area contributed by atoms with Crippen LogP contribution in [0.1, 0.15) is 59.7 Å². The number of carbonyl (C=O) groups is 2. The number of rotatable bonds is 12. The highest BCUT2D eigenvalue weighted by Crippen LogP contribution is 2.31. The van der Waals surface area contributed by atoms with Crippen LogP contribution in [0, 0.1) is 0 Å². The lowest BCUT2D eigenvalue weighted by Crippen LogP contribution is -2.49. The number of esters is 1. The van der Waals surface area contributed by atoms with E-state index in [0.717, 1.165) is 31.2 Å². The summed E-state index contributed by atoms with van der Waals surface area (Å²) in [6.45, 7) is 4.26. The number of nitrogens with one attached hydrogen (secondary N) is 1. The van der Waals surface area contributed by atoms with E-state index < -0.39 is 6.04 Å². The molecule has 1 saturated heterocycles. The van der Waals surface area contributed by atoms with Gasteiger partial charge in [0.15, 0.2) is 11.4 Å². The zero-order chi connectivity index (χ0) is 32.0. The lowest BCUT2D eigenvalue weighted by molar-refractivity contribution is -0.151. The van der Waals surface area contributed by atoms with Crippen LogP contribution in [0.3, 0.4) is 0 Å². The number of ketones is 1. The van der Waals surface area contributed by atoms with E-state index in [1.165, 1.54) is 6.07 Å². The fourth-order valence-corrected chi connectivity index (χ4v) is 6.10. The van der Waals surface area contributed by atoms with E-state index in [9.17, 15) is 19.5 Å². The number of ether oxygens (including phenoxy) is 4. The van der Waals surface area contributed by atoms with Crippen molar-refractivity contribution >= 4 is 22.7 Å². The van der Waals surface area contributed by atoms with Crippen LogP contribution in [0.4, 0.5) is 0 Å². The van der Waals surface area contributed by atoms with Gasteiger partial charge in [0.25, 0.3) is 5.56 Å². The molecule has 4 aromatic rings. The largest absolute Gasteiger partial charge is 0.507 e. The molecule has 1 aromatic heterocycles. The molecule has 0 amide bonds. The van der Waals surface area contributed by atoms with Gasteiger partial charge in [0.2, 0.25) is 0 Å². The minimum absolute atomic E-state index is 0.123. The topological polar surface area (TPSA) is 141 Å². The van der Waals surface area contributed by atoms with Gasteiger partial charge in [-0.25, -0.2) is 0 Å². The van der Waals surface area contributed by atoms with E-state index in [-0.39, 0.29) is 54.4 Å². The van der Waals surface area contributed by atoms with Gasteiger partial charge in [-0.05, 0) is 86.2 Å². The molecule has 1 saturated carbocycles. The summed E-state index contributed by atoms with van der Waals surface area (Å²) in [4.78, 5) is 40.8. The van der Waals surface area contributed by atoms with Crippen LogP contribution in [0.25, 0.3) is 11.0 Å². The third-order valence-corrected chi connectivity index (χ3v) is 8.54. The fraction of sp³-hybridized carbons (Fsp3) is 0.400. The molecule has 1 unspecified atom stereocenters. The van der Waals surface area contributed by atoms with Crippen LogP contribution in [-0.4, -0.2) is 72.0 Å². The molecule has 6 rings (SSSR count). The monoisotopic (exact) mass is 630 g/mol. The summed E-state index contributed by atoms with van der Waals surface area (Å²) in [6.07, 6.45) is 4.55. The second kappa shape index (κ2) is 14.2. The number of H-pyrrole nitrogens is 1. The van der Waals surface area contributed by atoms with Crippen LogP contribution in [0.2, 0.25) is 0 Å². The van der Waals surface area contributed by atoms with Gasteiger partial charge in [-0.2, -0.15) is 5.16 Å². The van der Waals surface area contributed by atoms with Crippen LogP contribution < -0.4 is 15.0 Å². The molecule has 242 valence electrons. The first-order valence-corrected chi connectivity index (χ1v) is 15.8. The maximum Gasteiger partial charge on any atom is 0.323 e. The summed E-state index contributed by atoms with van der Waals surface area (Å²) in [5, 5.41) is 13.6. The van der Waals surface area contributed by atoms with Gasteiger partial charge in [0.1, 0.15) is 29.9 Å². The number of phenolic OH excluding ortho intramolecular Hbond substituents is 1. The van der Waals surface area contributed by atoms with Crippen molar-refractivity contribution in [1.82, 2.24) is 10.1 Å². The molecular weight excluding hydrogens is 592 g/mol. The molecule has 1 atom stereocenters. The Kier molecular flexibility index (Phi) is 9.70. The standard InChI is InChI=1S/C35H38N2O9/c1-2-43-35(41)29(37-13-15-42-16-14-37)19-24-18-23(33(39)27-11-9-26(20-30(27)38)45-25-5-3-4-6-25)8-12-31(24)44-21-22-7-10-28-32(17-22)46-36-34(28)40/h7-12,17-18,20,25,29,38H,2-6,13-16,19,21H2,1H3,(H,36,40). The number of fused-ring (bicyclic) bond motifs is 1. The van der Waals surface area contributed by atoms with Gasteiger partial charge in [-0.1, -0.05) is 6.07 Å². The number of phenols is 1. The van der Waals surface area contributed by atoms with E-state index >= 15 is 0 Å². The van der Waals surface area contributed by atoms with Crippen molar-refractivity contribution < 1.29 is 38.2 Å². The van der Waals surface area contributed by atoms with Gasteiger partial charge >= 0.3 is 5.97 Å². The highest BCUT2D eigenvalue weighted by atomic mass is 16.5. The van der Waals surface area contributed by atoms with Crippen molar-refractivity contribution in [3.05, 3.63) is 87.2 Å². The summed E-state index contributed by atoms with van der Waals surface area (Å²) in [7, 11) is 0. The van der Waals surface area contributed by atoms with E-state index in [1.807, 2.05) is 4.90 Å². The molecule has 0 spiro atoms. The average Bonchev–Trinajstić information content (AvgIpc) is 3.72. The summed E-state index contributed by atoms with van der Waals surface area (Å²) in [6, 6.07) is 14.4. The van der Waals surface area contributed by atoms with Crippen molar-refractivity contribution in [3.63, 3.8) is 0 Å². The first-order valence-electron chi connectivity index (χ1n) is 15.8. The third kappa shape index (κ3) is 7.11. The Bertz CT molecular complexity index is 1750. The van der Waals surface area contributed by atoms with Crippen molar-refractivity contribution in [2.75, 3.05) is 32.9 Å². The Morgan fingerprint density at radius 3 is 2.61 bits per heavy atom. The molecule has 0 bridgehead atoms. The van der Waals surface area contributed by atoms with Gasteiger partial charge in [0, 0.05) is 31.1 Å². The lowest BCUT2D eigenvalue weighted by Gasteiger charge is -2.33. The maximum absolute atomic E-state index is 13.7. The molecule has 46 heavy (non-hydrogen) atoms. The molecule has 11 nitrogen and oxygen atoms in total. The minimum atomic E-state index is -0.623. The number of hydrogen-bond donors (Lipinski definition) is 2. The first-order chi connectivity index (χ1) is 22.4. The molecule has 11 heteroatoms. The average molecular weight is 631 g/mol. The summed E-state index contributed by atoms with van der Waals surface area (Å²) in [5.74, 6) is 0.122. The van der Waals surface area contributed by atoms with Crippen molar-refractivity contribution in [1.29, 1.82) is 0 Å². The van der Waals surface area contributed by atoms with Crippen LogP contribution >= 0.6 is 0 Å². The Hall–Kier alpha value is -4.61. The Labute approximate surface area is 266 Å². The minimum Gasteiger partial charge on any atom is -0.507 e. The summed E-state index contributed by atoms with van der Waals surface area (Å²) in [5.41, 5.74) is 1.99. The number of aromatic nitrogens is 1. The highest BCUT2D eigenvalue weighted by Gasteiger charge is 2.30. The van der Waals surface area contributed by atoms with Crippen molar-refractivity contribution in [3.8, 4) is 17.2 Å². The molecule has 1 aliphatic heterocycles. The summed E-state index contributed by atoms with van der Waals surface area (Å²) < 4.78 is 28.4. The van der Waals surface area contributed by atoms with Gasteiger partial charge < -0.3 is 28.6 Å². The molecule has 1 aliphatic carbocycles. The maximum atomic E-state index is 13.7. The predicted molar refractivity (Wildman–Crippen MR) is 169 cm³/mol. The van der Waals surface area contributed by atoms with Crippen LogP contribution in [0.15, 0.2) is 63.9 Å². The smallest absolute Gasteiger partial charge is 0.323 e. The van der Waals surface area contributed by atoms with Crippen LogP contribution in [0.5, 0.6) is 17.2 Å². The lowest BCUT2D eigenvalue weighted by atomic mass is 9.96. The highest BCUT2D eigenvalue weighted by molar-refractivity contribution is 6.11. The number of hydrogen-bond acceptors (Lipinski definition) is 10. The van der Waals surface area contributed by atoms with E-state index in [0.29, 0.717) is 59.9 Å². The van der Waals surface area contributed by atoms with E-state index in [2.05, 4.69) is 5.16 Å². The summed E-state index contributed by atoms with van der Waals surface area (Å²) >= 11 is 0. The molecule has 2 aliphatic rings. The fourth-order valence-electron chi connectivity index (χ4n) is 6.10. The van der Waals surface area contributed by atoms with Crippen LogP contribution in [-0.2, 0) is 27.3 Å². The van der Waals surface area contributed by atoms with Crippen molar-refractivity contribution in [2.45, 2.75) is 57.8 Å². The molecule has 2 fully saturated rings. The van der Waals surface area contributed by atoms with E-state index in [1.54, 1.807) is 55.5 Å². The first kappa shape index (κ1) is 31.4. The number of aromatic hydroxyl groups is 1. The van der Waals surface area contributed by atoms with Gasteiger partial charge in [-0.3, -0.25) is 19.3 Å². The number of nitrogens with zero attached hydrogens (tertiary/aromatic N) is 1. The second-order valence-corrected chi connectivity index (χ2v) is 11.6. The Morgan fingerprint density at radius 2 is 1.85 bits per heavy atom. The van der Waals surface area contributed by atoms with Gasteiger partial charge in [-0.15, -0.1) is 0 Å². The molecule has 2 N–H and O–H groups in total. The molecule has 3 aromatic carbocycles. The Morgan fingerprint density at radius 1 is 1.04 bits per heavy atom.